The second-order valence-electron chi connectivity index (χ2n) is 4.04. The molecular formula is C14H10O2S. The molecule has 84 valence electrons. The molecule has 0 saturated heterocycles. The van der Waals surface area contributed by atoms with Gasteiger partial charge in [0.05, 0.1) is 10.3 Å². The molecule has 0 saturated carbocycles. The van der Waals surface area contributed by atoms with Gasteiger partial charge in [0.1, 0.15) is 0 Å². The molecule has 1 aromatic heterocycles. The second-order valence-corrected chi connectivity index (χ2v) is 5.06. The Morgan fingerprint density at radius 1 is 1.06 bits per heavy atom. The van der Waals surface area contributed by atoms with Gasteiger partial charge in [-0.25, -0.2) is 4.79 Å². The zero-order valence-electron chi connectivity index (χ0n) is 9.23. The van der Waals surface area contributed by atoms with Gasteiger partial charge in [-0.3, -0.25) is 0 Å². The fraction of sp³-hybridized carbons (Fsp3) is 0.0714. The number of hydrogen-bond acceptors (Lipinski definition) is 2. The lowest BCUT2D eigenvalue weighted by atomic mass is 10.1. The van der Waals surface area contributed by atoms with Crippen LogP contribution in [0.25, 0.3) is 20.2 Å². The number of aryl methyl sites for hydroxylation is 1. The Morgan fingerprint density at radius 2 is 1.71 bits per heavy atom. The first-order chi connectivity index (χ1) is 8.18. The van der Waals surface area contributed by atoms with Crippen LogP contribution in [-0.2, 0) is 0 Å². The molecule has 0 spiro atoms. The van der Waals surface area contributed by atoms with Crippen LogP contribution < -0.4 is 0 Å². The molecule has 3 aromatic rings. The summed E-state index contributed by atoms with van der Waals surface area (Å²) in [6.07, 6.45) is 0. The van der Waals surface area contributed by atoms with Crippen LogP contribution in [0.1, 0.15) is 15.9 Å². The van der Waals surface area contributed by atoms with Crippen LogP contribution in [0.3, 0.4) is 0 Å². The van der Waals surface area contributed by atoms with Crippen LogP contribution in [-0.4, -0.2) is 11.1 Å². The largest absolute Gasteiger partial charge is 0.478 e. The van der Waals surface area contributed by atoms with Crippen molar-refractivity contribution in [2.45, 2.75) is 6.92 Å². The van der Waals surface area contributed by atoms with E-state index in [1.54, 1.807) is 23.5 Å². The standard InChI is InChI=1S/C14H10O2S/c1-8-4-2-5-9-10-6-3-7-11(14(15)16)13(10)17-12(8)9/h2-7H,1H3,(H,15,16). The molecule has 3 heteroatoms. The smallest absolute Gasteiger partial charge is 0.337 e. The van der Waals surface area contributed by atoms with Crippen molar-refractivity contribution in [1.29, 1.82) is 0 Å². The lowest BCUT2D eigenvalue weighted by molar-refractivity contribution is 0.0699. The number of fused-ring (bicyclic) bond motifs is 3. The Balaban J connectivity index is 2.55. The van der Waals surface area contributed by atoms with Crippen molar-refractivity contribution in [1.82, 2.24) is 0 Å². The highest BCUT2D eigenvalue weighted by molar-refractivity contribution is 7.26. The summed E-state index contributed by atoms with van der Waals surface area (Å²) in [5.74, 6) is -0.861. The first-order valence-corrected chi connectivity index (χ1v) is 6.14. The minimum Gasteiger partial charge on any atom is -0.478 e. The van der Waals surface area contributed by atoms with Crippen molar-refractivity contribution in [2.75, 3.05) is 0 Å². The second kappa shape index (κ2) is 3.57. The van der Waals surface area contributed by atoms with Crippen molar-refractivity contribution in [2.24, 2.45) is 0 Å². The molecule has 0 amide bonds. The molecule has 0 radical (unpaired) electrons. The van der Waals surface area contributed by atoms with Gasteiger partial charge in [0, 0.05) is 15.5 Å². The summed E-state index contributed by atoms with van der Waals surface area (Å²) in [5, 5.41) is 11.4. The maximum Gasteiger partial charge on any atom is 0.337 e. The number of aromatic carboxylic acids is 1. The Labute approximate surface area is 102 Å². The van der Waals surface area contributed by atoms with E-state index in [1.165, 1.54) is 10.3 Å². The average Bonchev–Trinajstić information content (AvgIpc) is 2.69. The van der Waals surface area contributed by atoms with Gasteiger partial charge >= 0.3 is 5.97 Å². The van der Waals surface area contributed by atoms with Crippen LogP contribution in [0.15, 0.2) is 36.4 Å². The Kier molecular flexibility index (Phi) is 2.16. The van der Waals surface area contributed by atoms with Crippen LogP contribution in [0.4, 0.5) is 0 Å². The van der Waals surface area contributed by atoms with E-state index in [1.807, 2.05) is 18.2 Å². The zero-order valence-corrected chi connectivity index (χ0v) is 10.0. The monoisotopic (exact) mass is 242 g/mol. The van der Waals surface area contributed by atoms with E-state index in [2.05, 4.69) is 13.0 Å². The molecule has 1 N–H and O–H groups in total. The molecule has 0 unspecified atom stereocenters. The molecular weight excluding hydrogens is 232 g/mol. The van der Waals surface area contributed by atoms with Crippen molar-refractivity contribution in [3.8, 4) is 0 Å². The lowest BCUT2D eigenvalue weighted by Crippen LogP contribution is -1.94. The van der Waals surface area contributed by atoms with Crippen molar-refractivity contribution in [3.05, 3.63) is 47.5 Å². The van der Waals surface area contributed by atoms with Crippen LogP contribution >= 0.6 is 11.3 Å². The van der Waals surface area contributed by atoms with Gasteiger partial charge in [0.2, 0.25) is 0 Å². The number of carboxylic acids is 1. The molecule has 0 aliphatic rings. The van der Waals surface area contributed by atoms with Crippen molar-refractivity contribution in [3.63, 3.8) is 0 Å². The van der Waals surface area contributed by atoms with Gasteiger partial charge in [-0.15, -0.1) is 11.3 Å². The number of carboxylic acid groups (broad SMARTS) is 1. The Morgan fingerprint density at radius 3 is 2.41 bits per heavy atom. The summed E-state index contributed by atoms with van der Waals surface area (Å²) in [4.78, 5) is 11.2. The molecule has 17 heavy (non-hydrogen) atoms. The van der Waals surface area contributed by atoms with Gasteiger partial charge in [0.15, 0.2) is 0 Å². The SMILES string of the molecule is Cc1cccc2c1sc1c(C(=O)O)cccc12. The lowest BCUT2D eigenvalue weighted by Gasteiger charge is -1.96. The van der Waals surface area contributed by atoms with E-state index in [4.69, 9.17) is 0 Å². The molecule has 0 fully saturated rings. The zero-order chi connectivity index (χ0) is 12.0. The van der Waals surface area contributed by atoms with E-state index in [0.29, 0.717) is 5.56 Å². The van der Waals surface area contributed by atoms with E-state index in [-0.39, 0.29) is 0 Å². The molecule has 2 nitrogen and oxygen atoms in total. The van der Waals surface area contributed by atoms with Crippen LogP contribution in [0.5, 0.6) is 0 Å². The first kappa shape index (κ1) is 10.3. The van der Waals surface area contributed by atoms with Gasteiger partial charge in [-0.05, 0) is 18.6 Å². The third kappa shape index (κ3) is 1.43. The summed E-state index contributed by atoms with van der Waals surface area (Å²) in [7, 11) is 0. The highest BCUT2D eigenvalue weighted by Crippen LogP contribution is 2.37. The predicted molar refractivity (Wildman–Crippen MR) is 71.0 cm³/mol. The predicted octanol–water partition coefficient (Wildman–Crippen LogP) is 4.06. The number of thiophene rings is 1. The van der Waals surface area contributed by atoms with Gasteiger partial charge in [-0.2, -0.15) is 0 Å². The minimum atomic E-state index is -0.861. The number of hydrogen-bond donors (Lipinski definition) is 1. The summed E-state index contributed by atoms with van der Waals surface area (Å²) in [6, 6.07) is 11.6. The van der Waals surface area contributed by atoms with Gasteiger partial charge < -0.3 is 5.11 Å². The molecule has 0 bridgehead atoms. The van der Waals surface area contributed by atoms with Gasteiger partial charge in [-0.1, -0.05) is 30.3 Å². The summed E-state index contributed by atoms with van der Waals surface area (Å²) < 4.78 is 2.04. The molecule has 0 aliphatic carbocycles. The fourth-order valence-corrected chi connectivity index (χ4v) is 3.40. The third-order valence-corrected chi connectivity index (χ3v) is 4.34. The van der Waals surface area contributed by atoms with Crippen molar-refractivity contribution < 1.29 is 9.90 Å². The Hall–Kier alpha value is -1.87. The van der Waals surface area contributed by atoms with Gasteiger partial charge in [0.25, 0.3) is 0 Å². The molecule has 0 aliphatic heterocycles. The van der Waals surface area contributed by atoms with Crippen molar-refractivity contribution >= 4 is 37.5 Å². The maximum absolute atomic E-state index is 11.2. The molecule has 2 aromatic carbocycles. The summed E-state index contributed by atoms with van der Waals surface area (Å²) in [6.45, 7) is 2.05. The quantitative estimate of drug-likeness (QED) is 0.698. The number of rotatable bonds is 1. The van der Waals surface area contributed by atoms with E-state index in [0.717, 1.165) is 15.5 Å². The first-order valence-electron chi connectivity index (χ1n) is 5.32. The third-order valence-electron chi connectivity index (χ3n) is 2.95. The molecule has 0 atom stereocenters. The van der Waals surface area contributed by atoms with E-state index < -0.39 is 5.97 Å². The highest BCUT2D eigenvalue weighted by Gasteiger charge is 2.13. The number of carbonyl (C=O) groups is 1. The molecule has 3 rings (SSSR count). The molecule has 1 heterocycles. The van der Waals surface area contributed by atoms with E-state index in [9.17, 15) is 9.90 Å². The normalized spacial score (nSPS) is 11.1. The van der Waals surface area contributed by atoms with Crippen LogP contribution in [0, 0.1) is 6.92 Å². The summed E-state index contributed by atoms with van der Waals surface area (Å²) >= 11 is 1.56. The summed E-state index contributed by atoms with van der Waals surface area (Å²) in [5.41, 5.74) is 1.59. The van der Waals surface area contributed by atoms with Crippen LogP contribution in [0.2, 0.25) is 0 Å². The minimum absolute atomic E-state index is 0.392. The number of benzene rings is 2. The fourth-order valence-electron chi connectivity index (χ4n) is 2.13. The average molecular weight is 242 g/mol. The Bertz CT molecular complexity index is 740. The van der Waals surface area contributed by atoms with E-state index >= 15 is 0 Å². The maximum atomic E-state index is 11.2. The topological polar surface area (TPSA) is 37.3 Å². The highest BCUT2D eigenvalue weighted by atomic mass is 32.1.